The standard InChI is InChI=1S/C24H24Cl3N3O3/c1-29(23(32)14-2-5-16(25)6-3-14)22-8-9-30(24(33)21-11-17(31)12-28-21)13-18(22)15-4-7-19(26)20(27)10-15/h2-7,10,18,21-22,28H,8-9,11-13H2,1H3/t18-,21-,22+/m0/s1. The van der Waals surface area contributed by atoms with Crippen molar-refractivity contribution in [3.05, 3.63) is 68.7 Å². The molecule has 0 radical (unpaired) electrons. The van der Waals surface area contributed by atoms with Crippen LogP contribution in [0.2, 0.25) is 15.1 Å². The van der Waals surface area contributed by atoms with Crippen LogP contribution in [0.4, 0.5) is 0 Å². The quantitative estimate of drug-likeness (QED) is 0.677. The van der Waals surface area contributed by atoms with Gasteiger partial charge in [-0.05, 0) is 48.4 Å². The molecule has 2 aromatic rings. The van der Waals surface area contributed by atoms with Crippen LogP contribution in [0.3, 0.4) is 0 Å². The number of nitrogens with one attached hydrogen (secondary N) is 1. The van der Waals surface area contributed by atoms with Crippen LogP contribution < -0.4 is 5.32 Å². The summed E-state index contributed by atoms with van der Waals surface area (Å²) in [5, 5.41) is 4.43. The molecule has 4 rings (SSSR count). The molecule has 0 aromatic heterocycles. The summed E-state index contributed by atoms with van der Waals surface area (Å²) < 4.78 is 0. The molecule has 2 aliphatic heterocycles. The highest BCUT2D eigenvalue weighted by atomic mass is 35.5. The molecule has 0 bridgehead atoms. The van der Waals surface area contributed by atoms with E-state index in [1.807, 2.05) is 6.07 Å². The molecular formula is C24H24Cl3N3O3. The van der Waals surface area contributed by atoms with Crippen LogP contribution in [0.15, 0.2) is 42.5 Å². The summed E-state index contributed by atoms with van der Waals surface area (Å²) in [5.74, 6) is -0.339. The molecule has 2 aromatic carbocycles. The van der Waals surface area contributed by atoms with Crippen molar-refractivity contribution in [1.29, 1.82) is 0 Å². The van der Waals surface area contributed by atoms with Crippen molar-refractivity contribution >= 4 is 52.4 Å². The lowest BCUT2D eigenvalue weighted by atomic mass is 9.84. The third kappa shape index (κ3) is 5.19. The molecule has 0 aliphatic carbocycles. The van der Waals surface area contributed by atoms with Gasteiger partial charge in [0.1, 0.15) is 5.78 Å². The summed E-state index contributed by atoms with van der Waals surface area (Å²) in [6.07, 6.45) is 0.804. The predicted molar refractivity (Wildman–Crippen MR) is 129 cm³/mol. The van der Waals surface area contributed by atoms with E-state index in [1.165, 1.54) is 0 Å². The van der Waals surface area contributed by atoms with Gasteiger partial charge in [-0.3, -0.25) is 19.7 Å². The monoisotopic (exact) mass is 507 g/mol. The van der Waals surface area contributed by atoms with Gasteiger partial charge >= 0.3 is 0 Å². The smallest absolute Gasteiger partial charge is 0.253 e. The molecule has 33 heavy (non-hydrogen) atoms. The number of piperidine rings is 1. The second kappa shape index (κ2) is 10.0. The number of amides is 2. The summed E-state index contributed by atoms with van der Waals surface area (Å²) in [5.41, 5.74) is 1.44. The van der Waals surface area contributed by atoms with Crippen molar-refractivity contribution in [3.8, 4) is 0 Å². The van der Waals surface area contributed by atoms with Crippen molar-refractivity contribution in [2.24, 2.45) is 0 Å². The van der Waals surface area contributed by atoms with E-state index in [1.54, 1.807) is 53.2 Å². The van der Waals surface area contributed by atoms with Gasteiger partial charge in [0.25, 0.3) is 5.91 Å². The molecule has 2 fully saturated rings. The van der Waals surface area contributed by atoms with Gasteiger partial charge in [-0.15, -0.1) is 0 Å². The van der Waals surface area contributed by atoms with Crippen molar-refractivity contribution in [1.82, 2.24) is 15.1 Å². The normalized spacial score (nSPS) is 23.0. The second-order valence-electron chi connectivity index (χ2n) is 8.52. The number of carbonyl (C=O) groups excluding carboxylic acids is 3. The first-order chi connectivity index (χ1) is 15.7. The van der Waals surface area contributed by atoms with E-state index in [0.717, 1.165) is 5.56 Å². The summed E-state index contributed by atoms with van der Waals surface area (Å²) in [6.45, 7) is 1.12. The fourth-order valence-electron chi connectivity index (χ4n) is 4.62. The van der Waals surface area contributed by atoms with E-state index >= 15 is 0 Å². The van der Waals surface area contributed by atoms with Crippen LogP contribution in [0, 0.1) is 0 Å². The molecule has 3 atom stereocenters. The molecular weight excluding hydrogens is 485 g/mol. The van der Waals surface area contributed by atoms with Gasteiger partial charge in [-0.25, -0.2) is 0 Å². The van der Waals surface area contributed by atoms with Gasteiger partial charge in [0.2, 0.25) is 5.91 Å². The summed E-state index contributed by atoms with van der Waals surface area (Å²) in [7, 11) is 1.78. The van der Waals surface area contributed by atoms with E-state index in [9.17, 15) is 14.4 Å². The Kier molecular flexibility index (Phi) is 7.29. The fraction of sp³-hybridized carbons (Fsp3) is 0.375. The SMILES string of the molecule is CN(C(=O)c1ccc(Cl)cc1)[C@@H]1CCN(C(=O)[C@@H]2CC(=O)CN2)C[C@H]1c1ccc(Cl)c(Cl)c1. The lowest BCUT2D eigenvalue weighted by Crippen LogP contribution is -2.54. The summed E-state index contributed by atoms with van der Waals surface area (Å²) in [4.78, 5) is 41.5. The molecule has 1 N–H and O–H groups in total. The zero-order chi connectivity index (χ0) is 23.7. The maximum atomic E-state index is 13.2. The minimum atomic E-state index is -0.489. The molecule has 2 heterocycles. The van der Waals surface area contributed by atoms with Gasteiger partial charge in [0.15, 0.2) is 0 Å². The van der Waals surface area contributed by atoms with Crippen molar-refractivity contribution in [3.63, 3.8) is 0 Å². The van der Waals surface area contributed by atoms with Crippen LogP contribution in [-0.2, 0) is 9.59 Å². The molecule has 6 nitrogen and oxygen atoms in total. The molecule has 0 saturated carbocycles. The molecule has 2 aliphatic rings. The van der Waals surface area contributed by atoms with Crippen LogP contribution >= 0.6 is 34.8 Å². The maximum Gasteiger partial charge on any atom is 0.253 e. The maximum absolute atomic E-state index is 13.2. The van der Waals surface area contributed by atoms with E-state index in [0.29, 0.717) is 40.1 Å². The average molecular weight is 509 g/mol. The Morgan fingerprint density at radius 3 is 2.42 bits per heavy atom. The third-order valence-electron chi connectivity index (χ3n) is 6.44. The first kappa shape index (κ1) is 24.0. The highest BCUT2D eigenvalue weighted by Crippen LogP contribution is 2.35. The summed E-state index contributed by atoms with van der Waals surface area (Å²) in [6, 6.07) is 11.6. The first-order valence-corrected chi connectivity index (χ1v) is 11.9. The number of Topliss-reactive ketones (excluding diaryl/α,β-unsaturated/α-hetero) is 1. The number of nitrogens with zero attached hydrogens (tertiary/aromatic N) is 2. The Labute approximate surface area is 207 Å². The third-order valence-corrected chi connectivity index (χ3v) is 7.44. The Hall–Kier alpha value is -2.12. The Morgan fingerprint density at radius 2 is 1.79 bits per heavy atom. The number of likely N-dealkylation sites (tertiary alicyclic amines) is 1. The topological polar surface area (TPSA) is 69.7 Å². The van der Waals surface area contributed by atoms with Crippen LogP contribution in [0.5, 0.6) is 0 Å². The van der Waals surface area contributed by atoms with Crippen molar-refractivity contribution in [2.75, 3.05) is 26.7 Å². The van der Waals surface area contributed by atoms with E-state index in [-0.39, 0.29) is 42.5 Å². The number of rotatable bonds is 4. The number of hydrogen-bond donors (Lipinski definition) is 1. The van der Waals surface area contributed by atoms with E-state index in [2.05, 4.69) is 5.32 Å². The number of halogens is 3. The lowest BCUT2D eigenvalue weighted by Gasteiger charge is -2.43. The number of hydrogen-bond acceptors (Lipinski definition) is 4. The van der Waals surface area contributed by atoms with E-state index < -0.39 is 6.04 Å². The fourth-order valence-corrected chi connectivity index (χ4v) is 5.06. The second-order valence-corrected chi connectivity index (χ2v) is 9.77. The van der Waals surface area contributed by atoms with Crippen LogP contribution in [0.1, 0.15) is 34.7 Å². The van der Waals surface area contributed by atoms with Gasteiger partial charge in [0.05, 0.1) is 22.6 Å². The van der Waals surface area contributed by atoms with Gasteiger partial charge in [0, 0.05) is 49.1 Å². The Balaban J connectivity index is 1.60. The molecule has 2 saturated heterocycles. The number of benzene rings is 2. The molecule has 9 heteroatoms. The molecule has 2 amide bonds. The van der Waals surface area contributed by atoms with E-state index in [4.69, 9.17) is 34.8 Å². The Bertz CT molecular complexity index is 1080. The number of ketones is 1. The van der Waals surface area contributed by atoms with Gasteiger partial charge in [-0.2, -0.15) is 0 Å². The van der Waals surface area contributed by atoms with Crippen molar-refractivity contribution < 1.29 is 14.4 Å². The highest BCUT2D eigenvalue weighted by Gasteiger charge is 2.39. The molecule has 174 valence electrons. The first-order valence-electron chi connectivity index (χ1n) is 10.8. The largest absolute Gasteiger partial charge is 0.341 e. The predicted octanol–water partition coefficient (Wildman–Crippen LogP) is 4.03. The summed E-state index contributed by atoms with van der Waals surface area (Å²) >= 11 is 18.4. The van der Waals surface area contributed by atoms with Crippen LogP contribution in [-0.4, -0.2) is 66.2 Å². The van der Waals surface area contributed by atoms with Gasteiger partial charge in [-0.1, -0.05) is 40.9 Å². The average Bonchev–Trinajstić information content (AvgIpc) is 3.26. The number of carbonyl (C=O) groups is 3. The van der Waals surface area contributed by atoms with Gasteiger partial charge < -0.3 is 9.80 Å². The molecule has 0 unspecified atom stereocenters. The minimum Gasteiger partial charge on any atom is -0.341 e. The van der Waals surface area contributed by atoms with Crippen LogP contribution in [0.25, 0.3) is 0 Å². The highest BCUT2D eigenvalue weighted by molar-refractivity contribution is 6.42. The minimum absolute atomic E-state index is 0.0394. The van der Waals surface area contributed by atoms with Crippen molar-refractivity contribution in [2.45, 2.75) is 30.8 Å². The zero-order valence-electron chi connectivity index (χ0n) is 18.1. The zero-order valence-corrected chi connectivity index (χ0v) is 20.3. The molecule has 0 spiro atoms. The lowest BCUT2D eigenvalue weighted by molar-refractivity contribution is -0.135. The Morgan fingerprint density at radius 1 is 1.06 bits per heavy atom. The number of likely N-dealkylation sites (N-methyl/N-ethyl adjacent to an activating group) is 1.